The minimum atomic E-state index is -0.381. The number of nitrogens with one attached hydrogen (secondary N) is 1. The predicted molar refractivity (Wildman–Crippen MR) is 134 cm³/mol. The molecule has 0 unspecified atom stereocenters. The van der Waals surface area contributed by atoms with Crippen LogP contribution < -0.4 is 14.8 Å². The average molecular weight is 480 g/mol. The smallest absolute Gasteiger partial charge is 0.322 e. The fourth-order valence-corrected chi connectivity index (χ4v) is 3.65. The summed E-state index contributed by atoms with van der Waals surface area (Å²) in [6.07, 6.45) is 1.58. The highest BCUT2D eigenvalue weighted by Gasteiger charge is 2.24. The number of carbonyl (C=O) groups is 2. The summed E-state index contributed by atoms with van der Waals surface area (Å²) >= 11 is 0. The van der Waals surface area contributed by atoms with Crippen molar-refractivity contribution in [3.8, 4) is 11.5 Å². The van der Waals surface area contributed by atoms with Gasteiger partial charge in [-0.2, -0.15) is 0 Å². The van der Waals surface area contributed by atoms with Crippen molar-refractivity contribution in [3.05, 3.63) is 78.3 Å². The van der Waals surface area contributed by atoms with Crippen molar-refractivity contribution in [2.75, 3.05) is 32.6 Å². The molecule has 1 heterocycles. The van der Waals surface area contributed by atoms with Crippen LogP contribution in [0, 0.1) is 5.92 Å². The van der Waals surface area contributed by atoms with Crippen LogP contribution in [0.5, 0.6) is 11.5 Å². The normalized spacial score (nSPS) is 10.7. The molecular formula is C27H33N3O5. The molecule has 186 valence electrons. The average Bonchev–Trinajstić information content (AvgIpc) is 3.37. The molecule has 1 N–H and O–H groups in total. The fraction of sp³-hybridized carbons (Fsp3) is 0.333. The maximum atomic E-state index is 13.5. The number of nitrogens with zero attached hydrogens (tertiary/aromatic N) is 2. The Balaban J connectivity index is 1.77. The van der Waals surface area contributed by atoms with Crippen molar-refractivity contribution >= 4 is 17.6 Å². The molecule has 0 aliphatic rings. The zero-order chi connectivity index (χ0) is 25.2. The number of hydrogen-bond acceptors (Lipinski definition) is 5. The van der Waals surface area contributed by atoms with Gasteiger partial charge in [-0.05, 0) is 35.7 Å². The van der Waals surface area contributed by atoms with Crippen molar-refractivity contribution < 1.29 is 23.5 Å². The Kier molecular flexibility index (Phi) is 9.17. The van der Waals surface area contributed by atoms with Crippen LogP contribution in [0.3, 0.4) is 0 Å². The van der Waals surface area contributed by atoms with Crippen LogP contribution >= 0.6 is 0 Å². The van der Waals surface area contributed by atoms with Crippen LogP contribution in [0.2, 0.25) is 0 Å². The summed E-state index contributed by atoms with van der Waals surface area (Å²) in [6, 6.07) is 18.1. The van der Waals surface area contributed by atoms with Gasteiger partial charge in [-0.25, -0.2) is 4.79 Å². The molecule has 0 bridgehead atoms. The highest BCUT2D eigenvalue weighted by atomic mass is 16.5. The van der Waals surface area contributed by atoms with Crippen LogP contribution in [-0.2, 0) is 17.9 Å². The molecule has 8 heteroatoms. The molecule has 0 aliphatic carbocycles. The van der Waals surface area contributed by atoms with Crippen molar-refractivity contribution in [2.24, 2.45) is 5.92 Å². The van der Waals surface area contributed by atoms with Gasteiger partial charge in [-0.3, -0.25) is 4.79 Å². The third kappa shape index (κ3) is 7.53. The second-order valence-electron chi connectivity index (χ2n) is 8.59. The van der Waals surface area contributed by atoms with Crippen molar-refractivity contribution in [1.29, 1.82) is 0 Å². The minimum Gasteiger partial charge on any atom is -0.497 e. The fourth-order valence-electron chi connectivity index (χ4n) is 3.65. The molecule has 35 heavy (non-hydrogen) atoms. The van der Waals surface area contributed by atoms with E-state index < -0.39 is 0 Å². The lowest BCUT2D eigenvalue weighted by molar-refractivity contribution is -0.133. The molecule has 1 aromatic heterocycles. The van der Waals surface area contributed by atoms with Gasteiger partial charge in [0.1, 0.15) is 23.8 Å². The van der Waals surface area contributed by atoms with Gasteiger partial charge >= 0.3 is 6.03 Å². The quantitative estimate of drug-likeness (QED) is 0.418. The standard InChI is InChI=1S/C27H33N3O5/c1-20(2)16-30(27(32)28-24-13-12-22(33-3)15-25(24)34-4)19-26(31)29(18-23-11-8-14-35-23)17-21-9-6-5-7-10-21/h5-15,20H,16-19H2,1-4H3,(H,28,32). The van der Waals surface area contributed by atoms with E-state index >= 15 is 0 Å². The number of methoxy groups -OCH3 is 2. The van der Waals surface area contributed by atoms with Crippen LogP contribution in [-0.4, -0.2) is 49.0 Å². The lowest BCUT2D eigenvalue weighted by Gasteiger charge is -2.28. The number of hydrogen-bond donors (Lipinski definition) is 1. The van der Waals surface area contributed by atoms with Crippen molar-refractivity contribution in [3.63, 3.8) is 0 Å². The topological polar surface area (TPSA) is 84.3 Å². The van der Waals surface area contributed by atoms with Gasteiger partial charge in [0.25, 0.3) is 0 Å². The first kappa shape index (κ1) is 25.7. The van der Waals surface area contributed by atoms with Crippen LogP contribution in [0.1, 0.15) is 25.2 Å². The molecule has 0 radical (unpaired) electrons. The summed E-state index contributed by atoms with van der Waals surface area (Å²) in [4.78, 5) is 29.9. The summed E-state index contributed by atoms with van der Waals surface area (Å²) in [6.45, 7) is 5.06. The SMILES string of the molecule is COc1ccc(NC(=O)N(CC(=O)N(Cc2ccccc2)Cc2ccco2)CC(C)C)c(OC)c1. The van der Waals surface area contributed by atoms with E-state index in [-0.39, 0.29) is 24.4 Å². The summed E-state index contributed by atoms with van der Waals surface area (Å²) in [5.74, 6) is 1.75. The highest BCUT2D eigenvalue weighted by molar-refractivity contribution is 5.93. The number of ether oxygens (including phenoxy) is 2. The number of urea groups is 1. The van der Waals surface area contributed by atoms with Crippen LogP contribution in [0.15, 0.2) is 71.3 Å². The highest BCUT2D eigenvalue weighted by Crippen LogP contribution is 2.29. The molecule has 2 aromatic carbocycles. The Labute approximate surface area is 206 Å². The van der Waals surface area contributed by atoms with E-state index in [2.05, 4.69) is 5.32 Å². The molecule has 8 nitrogen and oxygen atoms in total. The summed E-state index contributed by atoms with van der Waals surface area (Å²) in [5.41, 5.74) is 1.49. The van der Waals surface area contributed by atoms with E-state index in [9.17, 15) is 9.59 Å². The Bertz CT molecular complexity index is 1080. The molecule has 0 atom stereocenters. The number of anilines is 1. The van der Waals surface area contributed by atoms with E-state index in [0.29, 0.717) is 42.6 Å². The molecule has 3 aromatic rings. The Morgan fingerprint density at radius 3 is 2.34 bits per heavy atom. The van der Waals surface area contributed by atoms with E-state index in [1.165, 1.54) is 12.0 Å². The molecule has 0 aliphatic heterocycles. The zero-order valence-corrected chi connectivity index (χ0v) is 20.7. The minimum absolute atomic E-state index is 0.0734. The number of rotatable bonds is 11. The number of furan rings is 1. The van der Waals surface area contributed by atoms with E-state index in [1.807, 2.05) is 50.2 Å². The van der Waals surface area contributed by atoms with Gasteiger partial charge < -0.3 is 29.0 Å². The lowest BCUT2D eigenvalue weighted by atomic mass is 10.2. The molecule has 0 spiro atoms. The number of carbonyl (C=O) groups excluding carboxylic acids is 2. The molecule has 3 rings (SSSR count). The van der Waals surface area contributed by atoms with Crippen molar-refractivity contribution in [2.45, 2.75) is 26.9 Å². The first-order valence-corrected chi connectivity index (χ1v) is 11.5. The maximum Gasteiger partial charge on any atom is 0.322 e. The summed E-state index contributed by atoms with van der Waals surface area (Å²) < 4.78 is 16.1. The molecule has 0 saturated heterocycles. The van der Waals surface area contributed by atoms with Crippen LogP contribution in [0.4, 0.5) is 10.5 Å². The molecule has 0 fully saturated rings. The molecule has 3 amide bonds. The van der Waals surface area contributed by atoms with Gasteiger partial charge in [-0.1, -0.05) is 44.2 Å². The van der Waals surface area contributed by atoms with Crippen molar-refractivity contribution in [1.82, 2.24) is 9.80 Å². The second-order valence-corrected chi connectivity index (χ2v) is 8.59. The second kappa shape index (κ2) is 12.5. The first-order valence-electron chi connectivity index (χ1n) is 11.5. The number of benzene rings is 2. The van der Waals surface area contributed by atoms with E-state index in [4.69, 9.17) is 13.9 Å². The van der Waals surface area contributed by atoms with Gasteiger partial charge in [0.2, 0.25) is 5.91 Å². The Hall–Kier alpha value is -3.94. The zero-order valence-electron chi connectivity index (χ0n) is 20.7. The monoisotopic (exact) mass is 479 g/mol. The Morgan fingerprint density at radius 1 is 0.943 bits per heavy atom. The lowest BCUT2D eigenvalue weighted by Crippen LogP contribution is -2.45. The van der Waals surface area contributed by atoms with Gasteiger partial charge in [0.05, 0.1) is 32.7 Å². The molecule has 0 saturated carbocycles. The third-order valence-corrected chi connectivity index (χ3v) is 5.34. The third-order valence-electron chi connectivity index (χ3n) is 5.34. The van der Waals surface area contributed by atoms with Gasteiger partial charge in [0, 0.05) is 19.2 Å². The first-order chi connectivity index (χ1) is 16.9. The summed E-state index contributed by atoms with van der Waals surface area (Å²) in [7, 11) is 3.09. The van der Waals surface area contributed by atoms with Crippen LogP contribution in [0.25, 0.3) is 0 Å². The predicted octanol–water partition coefficient (Wildman–Crippen LogP) is 5.02. The largest absolute Gasteiger partial charge is 0.497 e. The van der Waals surface area contributed by atoms with E-state index in [0.717, 1.165) is 5.56 Å². The Morgan fingerprint density at radius 2 is 1.71 bits per heavy atom. The molecular weight excluding hydrogens is 446 g/mol. The van der Waals surface area contributed by atoms with Gasteiger partial charge in [0.15, 0.2) is 0 Å². The van der Waals surface area contributed by atoms with Gasteiger partial charge in [-0.15, -0.1) is 0 Å². The van der Waals surface area contributed by atoms with E-state index in [1.54, 1.807) is 42.5 Å². The number of amides is 3. The summed E-state index contributed by atoms with van der Waals surface area (Å²) in [5, 5.41) is 2.87. The maximum absolute atomic E-state index is 13.5.